The summed E-state index contributed by atoms with van der Waals surface area (Å²) < 4.78 is 39.0. The van der Waals surface area contributed by atoms with Crippen LogP contribution in [0.1, 0.15) is 29.8 Å². The number of sulfonamides is 1. The number of rotatable bonds is 7. The molecule has 0 radical (unpaired) electrons. The average Bonchev–Trinajstić information content (AvgIpc) is 2.62. The zero-order valence-corrected chi connectivity index (χ0v) is 15.0. The summed E-state index contributed by atoms with van der Waals surface area (Å²) in [6.07, 6.45) is 2.96. The number of carbonyl (C=O) groups excluding carboxylic acids is 1. The van der Waals surface area contributed by atoms with E-state index in [9.17, 15) is 17.6 Å². The minimum absolute atomic E-state index is 0.162. The fourth-order valence-electron chi connectivity index (χ4n) is 2.35. The van der Waals surface area contributed by atoms with E-state index in [1.807, 2.05) is 0 Å². The average molecular weight is 361 g/mol. The molecule has 2 rings (SSSR count). The van der Waals surface area contributed by atoms with Gasteiger partial charge in [-0.05, 0) is 48.0 Å². The van der Waals surface area contributed by atoms with Gasteiger partial charge >= 0.3 is 0 Å². The molecule has 2 aromatic rings. The van der Waals surface area contributed by atoms with Gasteiger partial charge in [-0.3, -0.25) is 4.79 Å². The van der Waals surface area contributed by atoms with Crippen molar-refractivity contribution in [3.05, 3.63) is 71.6 Å². The van der Waals surface area contributed by atoms with E-state index < -0.39 is 10.0 Å². The molecule has 132 valence electrons. The van der Waals surface area contributed by atoms with Crippen molar-refractivity contribution in [1.29, 1.82) is 0 Å². The third kappa shape index (κ3) is 4.61. The van der Waals surface area contributed by atoms with Gasteiger partial charge in [-0.1, -0.05) is 32.1 Å². The van der Waals surface area contributed by atoms with Crippen LogP contribution >= 0.6 is 0 Å². The van der Waals surface area contributed by atoms with Crippen molar-refractivity contribution in [2.45, 2.75) is 18.7 Å². The zero-order chi connectivity index (χ0) is 18.4. The third-order valence-electron chi connectivity index (χ3n) is 3.78. The molecule has 0 amide bonds. The Morgan fingerprint density at radius 2 is 1.56 bits per heavy atom. The number of hydrogen-bond acceptors (Lipinski definition) is 3. The van der Waals surface area contributed by atoms with Crippen LogP contribution in [-0.4, -0.2) is 31.6 Å². The SMILES string of the molecule is CCN(CC)S(=O)(=O)c1ccc(C(=O)/C=C/c2ccc(F)cc2)cc1. The number of benzene rings is 2. The maximum Gasteiger partial charge on any atom is 0.243 e. The maximum atomic E-state index is 12.8. The smallest absolute Gasteiger partial charge is 0.243 e. The van der Waals surface area contributed by atoms with Crippen molar-refractivity contribution < 1.29 is 17.6 Å². The minimum atomic E-state index is -3.53. The molecule has 0 atom stereocenters. The summed E-state index contributed by atoms with van der Waals surface area (Å²) in [6, 6.07) is 11.6. The summed E-state index contributed by atoms with van der Waals surface area (Å²) >= 11 is 0. The largest absolute Gasteiger partial charge is 0.289 e. The van der Waals surface area contributed by atoms with Crippen LogP contribution in [0.4, 0.5) is 4.39 Å². The zero-order valence-electron chi connectivity index (χ0n) is 14.1. The topological polar surface area (TPSA) is 54.5 Å². The van der Waals surface area contributed by atoms with Gasteiger partial charge in [-0.25, -0.2) is 12.8 Å². The van der Waals surface area contributed by atoms with E-state index in [0.29, 0.717) is 24.2 Å². The first kappa shape index (κ1) is 19.0. The first-order valence-electron chi connectivity index (χ1n) is 7.96. The molecule has 0 aliphatic rings. The predicted molar refractivity (Wildman–Crippen MR) is 96.3 cm³/mol. The molecule has 2 aromatic carbocycles. The Balaban J connectivity index is 2.16. The molecule has 0 fully saturated rings. The van der Waals surface area contributed by atoms with Crippen LogP contribution in [0.2, 0.25) is 0 Å². The highest BCUT2D eigenvalue weighted by Gasteiger charge is 2.21. The molecule has 4 nitrogen and oxygen atoms in total. The number of hydrogen-bond donors (Lipinski definition) is 0. The number of nitrogens with zero attached hydrogens (tertiary/aromatic N) is 1. The van der Waals surface area contributed by atoms with Crippen molar-refractivity contribution in [3.8, 4) is 0 Å². The Bertz CT molecular complexity index is 853. The molecule has 0 aliphatic heterocycles. The van der Waals surface area contributed by atoms with Gasteiger partial charge in [0.05, 0.1) is 4.90 Å². The maximum absolute atomic E-state index is 12.8. The fraction of sp³-hybridized carbons (Fsp3) is 0.211. The van der Waals surface area contributed by atoms with E-state index in [4.69, 9.17) is 0 Å². The molecule has 0 heterocycles. The minimum Gasteiger partial charge on any atom is -0.289 e. The number of carbonyl (C=O) groups is 1. The van der Waals surface area contributed by atoms with E-state index in [0.717, 1.165) is 0 Å². The Kier molecular flexibility index (Phi) is 6.22. The van der Waals surface area contributed by atoms with Crippen LogP contribution in [0.25, 0.3) is 6.08 Å². The molecule has 0 unspecified atom stereocenters. The Hall–Kier alpha value is -2.31. The second-order valence-corrected chi connectivity index (χ2v) is 7.30. The molecule has 0 saturated heterocycles. The highest BCUT2D eigenvalue weighted by molar-refractivity contribution is 7.89. The van der Waals surface area contributed by atoms with Gasteiger partial charge in [0.15, 0.2) is 5.78 Å². The van der Waals surface area contributed by atoms with Crippen LogP contribution in [0.15, 0.2) is 59.5 Å². The molecule has 0 N–H and O–H groups in total. The van der Waals surface area contributed by atoms with Crippen LogP contribution < -0.4 is 0 Å². The van der Waals surface area contributed by atoms with E-state index >= 15 is 0 Å². The summed E-state index contributed by atoms with van der Waals surface area (Å²) in [7, 11) is -3.53. The van der Waals surface area contributed by atoms with Crippen LogP contribution in [0.5, 0.6) is 0 Å². The Morgan fingerprint density at radius 1 is 1.00 bits per heavy atom. The Morgan fingerprint density at radius 3 is 2.08 bits per heavy atom. The quantitative estimate of drug-likeness (QED) is 0.557. The lowest BCUT2D eigenvalue weighted by Crippen LogP contribution is -2.30. The predicted octanol–water partition coefficient (Wildman–Crippen LogP) is 3.75. The van der Waals surface area contributed by atoms with Gasteiger partial charge in [-0.15, -0.1) is 0 Å². The van der Waals surface area contributed by atoms with Crippen molar-refractivity contribution in [2.24, 2.45) is 0 Å². The number of halogens is 1. The van der Waals surface area contributed by atoms with Gasteiger partial charge in [0.25, 0.3) is 0 Å². The van der Waals surface area contributed by atoms with E-state index in [2.05, 4.69) is 0 Å². The highest BCUT2D eigenvalue weighted by Crippen LogP contribution is 2.17. The first-order valence-corrected chi connectivity index (χ1v) is 9.40. The van der Waals surface area contributed by atoms with Gasteiger partial charge in [0.2, 0.25) is 10.0 Å². The molecule has 6 heteroatoms. The van der Waals surface area contributed by atoms with Crippen LogP contribution in [0.3, 0.4) is 0 Å². The van der Waals surface area contributed by atoms with Crippen molar-refractivity contribution in [3.63, 3.8) is 0 Å². The molecule has 25 heavy (non-hydrogen) atoms. The standard InChI is InChI=1S/C19H20FNO3S/c1-3-21(4-2)25(23,24)18-12-8-16(9-13-18)19(22)14-7-15-5-10-17(20)11-6-15/h5-14H,3-4H2,1-2H3/b14-7+. The van der Waals surface area contributed by atoms with Gasteiger partial charge < -0.3 is 0 Å². The lowest BCUT2D eigenvalue weighted by Gasteiger charge is -2.18. The number of allylic oxidation sites excluding steroid dienone is 1. The van der Waals surface area contributed by atoms with Crippen LogP contribution in [-0.2, 0) is 10.0 Å². The van der Waals surface area contributed by atoms with Crippen molar-refractivity contribution >= 4 is 21.9 Å². The Labute approximate surface area is 147 Å². The lowest BCUT2D eigenvalue weighted by atomic mass is 10.1. The fourth-order valence-corrected chi connectivity index (χ4v) is 3.80. The third-order valence-corrected chi connectivity index (χ3v) is 5.84. The molecule has 0 bridgehead atoms. The monoisotopic (exact) mass is 361 g/mol. The van der Waals surface area contributed by atoms with Gasteiger partial charge in [0, 0.05) is 18.7 Å². The van der Waals surface area contributed by atoms with Gasteiger partial charge in [-0.2, -0.15) is 4.31 Å². The molecule has 0 saturated carbocycles. The lowest BCUT2D eigenvalue weighted by molar-refractivity contribution is 0.104. The summed E-state index contributed by atoms with van der Waals surface area (Å²) in [5.41, 5.74) is 1.09. The van der Waals surface area contributed by atoms with Gasteiger partial charge in [0.1, 0.15) is 5.82 Å². The van der Waals surface area contributed by atoms with Crippen LogP contribution in [0, 0.1) is 5.82 Å². The summed E-state index contributed by atoms with van der Waals surface area (Å²) in [5, 5.41) is 0. The van der Waals surface area contributed by atoms with E-state index in [1.54, 1.807) is 32.1 Å². The van der Waals surface area contributed by atoms with Crippen molar-refractivity contribution in [1.82, 2.24) is 4.31 Å². The second-order valence-electron chi connectivity index (χ2n) is 5.36. The van der Waals surface area contributed by atoms with Crippen molar-refractivity contribution in [2.75, 3.05) is 13.1 Å². The molecule has 0 aromatic heterocycles. The summed E-state index contributed by atoms with van der Waals surface area (Å²) in [5.74, 6) is -0.593. The first-order chi connectivity index (χ1) is 11.9. The molecular formula is C19H20FNO3S. The van der Waals surface area contributed by atoms with E-state index in [1.165, 1.54) is 46.8 Å². The molecule has 0 aliphatic carbocycles. The summed E-state index contributed by atoms with van der Waals surface area (Å²) in [6.45, 7) is 4.33. The molecular weight excluding hydrogens is 341 g/mol. The molecule has 0 spiro atoms. The van der Waals surface area contributed by atoms with E-state index in [-0.39, 0.29) is 16.5 Å². The summed E-state index contributed by atoms with van der Waals surface area (Å²) in [4.78, 5) is 12.3. The second kappa shape index (κ2) is 8.18. The number of ketones is 1. The normalized spacial score (nSPS) is 12.0. The highest BCUT2D eigenvalue weighted by atomic mass is 32.2.